The number of thiazole rings is 1. The van der Waals surface area contributed by atoms with E-state index in [9.17, 15) is 0 Å². The molecule has 1 aliphatic rings. The standard InChI is InChI=1S/C13H16N4S2/c1-13(2,3)12-16-9(6-19-12)11-15-8-5-18-4-7(8)10(14)17-11/h6H,4-5H2,1-3H3,(H2,14,15,17). The van der Waals surface area contributed by atoms with Crippen LogP contribution in [0.3, 0.4) is 0 Å². The number of aromatic nitrogens is 3. The van der Waals surface area contributed by atoms with Crippen LogP contribution in [0.15, 0.2) is 5.38 Å². The number of hydrogen-bond donors (Lipinski definition) is 1. The Kier molecular flexibility index (Phi) is 3.02. The largest absolute Gasteiger partial charge is 0.383 e. The molecule has 0 aliphatic carbocycles. The maximum Gasteiger partial charge on any atom is 0.181 e. The monoisotopic (exact) mass is 292 g/mol. The highest BCUT2D eigenvalue weighted by Crippen LogP contribution is 2.34. The second kappa shape index (κ2) is 4.45. The summed E-state index contributed by atoms with van der Waals surface area (Å²) in [7, 11) is 0. The number of thioether (sulfide) groups is 1. The average molecular weight is 292 g/mol. The number of nitrogens with two attached hydrogens (primary N) is 1. The third-order valence-corrected chi connectivity index (χ3v) is 5.22. The second-order valence-electron chi connectivity index (χ2n) is 5.64. The zero-order valence-electron chi connectivity index (χ0n) is 11.2. The fraction of sp³-hybridized carbons (Fsp3) is 0.462. The van der Waals surface area contributed by atoms with Crippen LogP contribution < -0.4 is 5.73 Å². The summed E-state index contributed by atoms with van der Waals surface area (Å²) in [5.74, 6) is 3.11. The van der Waals surface area contributed by atoms with Crippen molar-refractivity contribution in [2.45, 2.75) is 37.7 Å². The van der Waals surface area contributed by atoms with Gasteiger partial charge in [0.05, 0.1) is 10.7 Å². The highest BCUT2D eigenvalue weighted by atomic mass is 32.2. The van der Waals surface area contributed by atoms with E-state index >= 15 is 0 Å². The molecular weight excluding hydrogens is 276 g/mol. The number of hydrogen-bond acceptors (Lipinski definition) is 6. The third kappa shape index (κ3) is 2.34. The second-order valence-corrected chi connectivity index (χ2v) is 7.48. The van der Waals surface area contributed by atoms with Crippen LogP contribution in [0, 0.1) is 0 Å². The Morgan fingerprint density at radius 1 is 1.16 bits per heavy atom. The van der Waals surface area contributed by atoms with E-state index in [1.807, 2.05) is 17.1 Å². The molecule has 0 fully saturated rings. The van der Waals surface area contributed by atoms with Gasteiger partial charge in [0.25, 0.3) is 0 Å². The SMILES string of the molecule is CC(C)(C)c1nc(-c2nc(N)c3c(n2)CSC3)cs1. The van der Waals surface area contributed by atoms with E-state index < -0.39 is 0 Å². The molecule has 4 nitrogen and oxygen atoms in total. The van der Waals surface area contributed by atoms with Crippen LogP contribution in [0.1, 0.15) is 37.0 Å². The Balaban J connectivity index is 2.03. The van der Waals surface area contributed by atoms with Gasteiger partial charge >= 0.3 is 0 Å². The highest BCUT2D eigenvalue weighted by Gasteiger charge is 2.22. The molecule has 0 saturated heterocycles. The van der Waals surface area contributed by atoms with E-state index in [0.29, 0.717) is 11.6 Å². The van der Waals surface area contributed by atoms with Crippen molar-refractivity contribution in [2.24, 2.45) is 0 Å². The first-order valence-corrected chi connectivity index (χ1v) is 8.18. The Hall–Kier alpha value is -1.14. The van der Waals surface area contributed by atoms with Crippen LogP contribution >= 0.6 is 23.1 Å². The Morgan fingerprint density at radius 2 is 1.95 bits per heavy atom. The molecule has 0 bridgehead atoms. The number of rotatable bonds is 1. The molecule has 3 rings (SSSR count). The molecule has 0 atom stereocenters. The smallest absolute Gasteiger partial charge is 0.181 e. The van der Waals surface area contributed by atoms with Crippen LogP contribution in [0.5, 0.6) is 0 Å². The zero-order chi connectivity index (χ0) is 13.6. The molecule has 19 heavy (non-hydrogen) atoms. The van der Waals surface area contributed by atoms with Crippen molar-refractivity contribution in [3.63, 3.8) is 0 Å². The first-order valence-electron chi connectivity index (χ1n) is 6.14. The summed E-state index contributed by atoms with van der Waals surface area (Å²) in [5, 5.41) is 3.11. The molecule has 1 aliphatic heterocycles. The highest BCUT2D eigenvalue weighted by molar-refractivity contribution is 7.98. The Morgan fingerprint density at radius 3 is 2.63 bits per heavy atom. The summed E-state index contributed by atoms with van der Waals surface area (Å²) in [5.41, 5.74) is 9.07. The van der Waals surface area contributed by atoms with E-state index in [1.165, 1.54) is 0 Å². The van der Waals surface area contributed by atoms with Gasteiger partial charge in [0.2, 0.25) is 0 Å². The number of nitrogens with zero attached hydrogens (tertiary/aromatic N) is 3. The summed E-state index contributed by atoms with van der Waals surface area (Å²) in [6, 6.07) is 0. The molecule has 3 heterocycles. The number of anilines is 1. The van der Waals surface area contributed by atoms with Gasteiger partial charge in [0, 0.05) is 27.9 Å². The van der Waals surface area contributed by atoms with Crippen molar-refractivity contribution >= 4 is 28.9 Å². The lowest BCUT2D eigenvalue weighted by molar-refractivity contribution is 0.586. The van der Waals surface area contributed by atoms with E-state index in [2.05, 4.69) is 35.7 Å². The summed E-state index contributed by atoms with van der Waals surface area (Å²) in [4.78, 5) is 13.7. The summed E-state index contributed by atoms with van der Waals surface area (Å²) >= 11 is 3.48. The van der Waals surface area contributed by atoms with E-state index in [4.69, 9.17) is 5.73 Å². The fourth-order valence-electron chi connectivity index (χ4n) is 1.91. The lowest BCUT2D eigenvalue weighted by atomic mass is 9.98. The molecule has 2 aromatic rings. The molecular formula is C13H16N4S2. The van der Waals surface area contributed by atoms with Crippen molar-refractivity contribution in [3.8, 4) is 11.5 Å². The minimum absolute atomic E-state index is 0.0566. The van der Waals surface area contributed by atoms with Gasteiger partial charge in [0.1, 0.15) is 11.5 Å². The lowest BCUT2D eigenvalue weighted by Crippen LogP contribution is -2.10. The van der Waals surface area contributed by atoms with Gasteiger partial charge < -0.3 is 5.73 Å². The molecule has 0 radical (unpaired) electrons. The molecule has 0 aromatic carbocycles. The Labute approximate surface area is 120 Å². The van der Waals surface area contributed by atoms with E-state index in [-0.39, 0.29) is 5.41 Å². The van der Waals surface area contributed by atoms with Crippen LogP contribution in [0.25, 0.3) is 11.5 Å². The van der Waals surface area contributed by atoms with Crippen molar-refractivity contribution in [1.82, 2.24) is 15.0 Å². The van der Waals surface area contributed by atoms with E-state index in [0.717, 1.165) is 33.5 Å². The maximum absolute atomic E-state index is 6.01. The van der Waals surface area contributed by atoms with Crippen LogP contribution in [-0.2, 0) is 16.9 Å². The normalized spacial score (nSPS) is 14.7. The Bertz CT molecular complexity index is 628. The van der Waals surface area contributed by atoms with Crippen molar-refractivity contribution in [2.75, 3.05) is 5.73 Å². The van der Waals surface area contributed by atoms with Crippen LogP contribution in [-0.4, -0.2) is 15.0 Å². The average Bonchev–Trinajstić information content (AvgIpc) is 2.96. The van der Waals surface area contributed by atoms with Gasteiger partial charge in [-0.15, -0.1) is 11.3 Å². The fourth-order valence-corrected chi connectivity index (χ4v) is 3.85. The predicted octanol–water partition coefficient (Wildman–Crippen LogP) is 3.23. The molecule has 0 saturated carbocycles. The maximum atomic E-state index is 6.01. The molecule has 6 heteroatoms. The van der Waals surface area contributed by atoms with E-state index in [1.54, 1.807) is 11.3 Å². The van der Waals surface area contributed by atoms with Gasteiger partial charge in [-0.3, -0.25) is 0 Å². The zero-order valence-corrected chi connectivity index (χ0v) is 12.9. The van der Waals surface area contributed by atoms with Crippen molar-refractivity contribution < 1.29 is 0 Å². The molecule has 2 aromatic heterocycles. The molecule has 0 spiro atoms. The van der Waals surface area contributed by atoms with Crippen molar-refractivity contribution in [1.29, 1.82) is 0 Å². The molecule has 100 valence electrons. The minimum Gasteiger partial charge on any atom is -0.383 e. The van der Waals surface area contributed by atoms with Crippen LogP contribution in [0.4, 0.5) is 5.82 Å². The van der Waals surface area contributed by atoms with Crippen LogP contribution in [0.2, 0.25) is 0 Å². The molecule has 0 amide bonds. The first-order chi connectivity index (χ1) is 8.95. The number of fused-ring (bicyclic) bond motifs is 1. The predicted molar refractivity (Wildman–Crippen MR) is 81.3 cm³/mol. The van der Waals surface area contributed by atoms with Gasteiger partial charge in [-0.2, -0.15) is 11.8 Å². The van der Waals surface area contributed by atoms with Gasteiger partial charge in [0.15, 0.2) is 5.82 Å². The summed E-state index contributed by atoms with van der Waals surface area (Å²) < 4.78 is 0. The number of nitrogen functional groups attached to an aromatic ring is 1. The van der Waals surface area contributed by atoms with Gasteiger partial charge in [-0.05, 0) is 0 Å². The summed E-state index contributed by atoms with van der Waals surface area (Å²) in [6.45, 7) is 6.47. The molecule has 2 N–H and O–H groups in total. The lowest BCUT2D eigenvalue weighted by Gasteiger charge is -2.13. The third-order valence-electron chi connectivity index (χ3n) is 2.98. The quantitative estimate of drug-likeness (QED) is 0.874. The molecule has 0 unspecified atom stereocenters. The minimum atomic E-state index is 0.0566. The van der Waals surface area contributed by atoms with Gasteiger partial charge in [-0.25, -0.2) is 15.0 Å². The van der Waals surface area contributed by atoms with Gasteiger partial charge in [-0.1, -0.05) is 20.8 Å². The van der Waals surface area contributed by atoms with Crippen molar-refractivity contribution in [3.05, 3.63) is 21.6 Å². The topological polar surface area (TPSA) is 64.7 Å². The first kappa shape index (κ1) is 12.9. The summed E-state index contributed by atoms with van der Waals surface area (Å²) in [6.07, 6.45) is 0.